The molecule has 5 heteroatoms. The number of halogens is 2. The standard InChI is InChI=1S/C16H12ClFN2O/c1-9-6-7-10(17)8-12(9)15-14(16(19)20-21-15)11-4-2-3-5-13(11)18/h2-8H,1H3,(H2,19,20). The molecule has 3 nitrogen and oxygen atoms in total. The Labute approximate surface area is 126 Å². The summed E-state index contributed by atoms with van der Waals surface area (Å²) in [6.07, 6.45) is 0. The average Bonchev–Trinajstić information content (AvgIpc) is 2.84. The molecular weight excluding hydrogens is 291 g/mol. The average molecular weight is 303 g/mol. The molecule has 2 aromatic carbocycles. The van der Waals surface area contributed by atoms with Crippen molar-refractivity contribution in [3.05, 3.63) is 58.9 Å². The third-order valence-electron chi connectivity index (χ3n) is 3.31. The van der Waals surface area contributed by atoms with E-state index in [1.54, 1.807) is 30.3 Å². The first-order chi connectivity index (χ1) is 10.1. The summed E-state index contributed by atoms with van der Waals surface area (Å²) in [5.41, 5.74) is 8.34. The molecule has 0 radical (unpaired) electrons. The summed E-state index contributed by atoms with van der Waals surface area (Å²) in [6, 6.07) is 11.8. The van der Waals surface area contributed by atoms with E-state index in [9.17, 15) is 4.39 Å². The summed E-state index contributed by atoms with van der Waals surface area (Å²) in [7, 11) is 0. The van der Waals surface area contributed by atoms with E-state index in [4.69, 9.17) is 21.9 Å². The zero-order valence-electron chi connectivity index (χ0n) is 11.2. The second-order valence-electron chi connectivity index (χ2n) is 4.71. The Balaban J connectivity index is 2.27. The number of nitrogen functional groups attached to an aromatic ring is 1. The number of aromatic nitrogens is 1. The van der Waals surface area contributed by atoms with Crippen molar-refractivity contribution in [3.8, 4) is 22.5 Å². The molecule has 21 heavy (non-hydrogen) atoms. The summed E-state index contributed by atoms with van der Waals surface area (Å²) >= 11 is 6.04. The molecule has 0 unspecified atom stereocenters. The molecule has 0 atom stereocenters. The second kappa shape index (κ2) is 5.22. The predicted molar refractivity (Wildman–Crippen MR) is 81.5 cm³/mol. The van der Waals surface area contributed by atoms with Crippen LogP contribution >= 0.6 is 11.6 Å². The number of anilines is 1. The Hall–Kier alpha value is -2.33. The normalized spacial score (nSPS) is 10.8. The van der Waals surface area contributed by atoms with Gasteiger partial charge in [0, 0.05) is 16.1 Å². The minimum Gasteiger partial charge on any atom is -0.380 e. The van der Waals surface area contributed by atoms with Gasteiger partial charge in [0.05, 0.1) is 5.56 Å². The summed E-state index contributed by atoms with van der Waals surface area (Å²) < 4.78 is 19.4. The van der Waals surface area contributed by atoms with E-state index in [0.29, 0.717) is 21.9 Å². The Bertz CT molecular complexity index is 814. The smallest absolute Gasteiger partial charge is 0.177 e. The molecule has 0 fully saturated rings. The number of nitrogens with two attached hydrogens (primary N) is 1. The summed E-state index contributed by atoms with van der Waals surface area (Å²) in [5, 5.41) is 4.33. The van der Waals surface area contributed by atoms with Gasteiger partial charge in [0.2, 0.25) is 0 Å². The zero-order chi connectivity index (χ0) is 15.0. The Morgan fingerprint density at radius 1 is 1.14 bits per heavy atom. The van der Waals surface area contributed by atoms with E-state index in [2.05, 4.69) is 5.16 Å². The van der Waals surface area contributed by atoms with Crippen molar-refractivity contribution in [1.29, 1.82) is 0 Å². The largest absolute Gasteiger partial charge is 0.380 e. The van der Waals surface area contributed by atoms with Crippen molar-refractivity contribution < 1.29 is 8.91 Å². The SMILES string of the molecule is Cc1ccc(Cl)cc1-c1onc(N)c1-c1ccccc1F. The van der Waals surface area contributed by atoms with E-state index in [1.165, 1.54) is 6.07 Å². The molecule has 1 aromatic heterocycles. The van der Waals surface area contributed by atoms with Gasteiger partial charge in [-0.25, -0.2) is 4.39 Å². The van der Waals surface area contributed by atoms with Crippen LogP contribution in [0.3, 0.4) is 0 Å². The molecule has 3 aromatic rings. The maximum atomic E-state index is 14.1. The van der Waals surface area contributed by atoms with E-state index in [0.717, 1.165) is 11.1 Å². The van der Waals surface area contributed by atoms with Gasteiger partial charge in [-0.3, -0.25) is 0 Å². The lowest BCUT2D eigenvalue weighted by molar-refractivity contribution is 0.436. The van der Waals surface area contributed by atoms with Crippen molar-refractivity contribution in [1.82, 2.24) is 5.16 Å². The maximum absolute atomic E-state index is 14.1. The van der Waals surface area contributed by atoms with E-state index in [1.807, 2.05) is 13.0 Å². The number of nitrogens with zero attached hydrogens (tertiary/aromatic N) is 1. The number of rotatable bonds is 2. The van der Waals surface area contributed by atoms with Gasteiger partial charge in [-0.05, 0) is 30.7 Å². The minimum atomic E-state index is -0.381. The predicted octanol–water partition coefficient (Wildman–Crippen LogP) is 4.69. The van der Waals surface area contributed by atoms with Gasteiger partial charge in [0.25, 0.3) is 0 Å². The third kappa shape index (κ3) is 2.38. The summed E-state index contributed by atoms with van der Waals surface area (Å²) in [5.74, 6) is 0.181. The first-order valence-corrected chi connectivity index (χ1v) is 6.72. The molecule has 0 spiro atoms. The van der Waals surface area contributed by atoms with Crippen molar-refractivity contribution in [3.63, 3.8) is 0 Å². The highest BCUT2D eigenvalue weighted by molar-refractivity contribution is 6.30. The highest BCUT2D eigenvalue weighted by Gasteiger charge is 2.21. The van der Waals surface area contributed by atoms with Crippen LogP contribution in [0, 0.1) is 12.7 Å². The quantitative estimate of drug-likeness (QED) is 0.747. The lowest BCUT2D eigenvalue weighted by Crippen LogP contribution is -1.92. The van der Waals surface area contributed by atoms with Crippen LogP contribution in [-0.4, -0.2) is 5.16 Å². The van der Waals surface area contributed by atoms with Crippen LogP contribution in [0.4, 0.5) is 10.2 Å². The lowest BCUT2D eigenvalue weighted by Gasteiger charge is -2.07. The van der Waals surface area contributed by atoms with Gasteiger partial charge >= 0.3 is 0 Å². The summed E-state index contributed by atoms with van der Waals surface area (Å²) in [4.78, 5) is 0. The van der Waals surface area contributed by atoms with E-state index < -0.39 is 0 Å². The molecule has 0 aliphatic heterocycles. The van der Waals surface area contributed by atoms with Crippen LogP contribution in [0.2, 0.25) is 5.02 Å². The molecule has 106 valence electrons. The van der Waals surface area contributed by atoms with Crippen LogP contribution < -0.4 is 5.73 Å². The van der Waals surface area contributed by atoms with Crippen LogP contribution in [-0.2, 0) is 0 Å². The fourth-order valence-electron chi connectivity index (χ4n) is 2.25. The molecule has 0 bridgehead atoms. The van der Waals surface area contributed by atoms with Gasteiger partial charge in [-0.15, -0.1) is 0 Å². The fourth-order valence-corrected chi connectivity index (χ4v) is 2.42. The Kier molecular flexibility index (Phi) is 3.39. The Morgan fingerprint density at radius 2 is 1.90 bits per heavy atom. The highest BCUT2D eigenvalue weighted by atomic mass is 35.5. The molecular formula is C16H12ClFN2O. The van der Waals surface area contributed by atoms with Gasteiger partial charge in [-0.2, -0.15) is 0 Å². The van der Waals surface area contributed by atoms with Crippen molar-refractivity contribution >= 4 is 17.4 Å². The number of hydrogen-bond donors (Lipinski definition) is 1. The molecule has 2 N–H and O–H groups in total. The monoisotopic (exact) mass is 302 g/mol. The van der Waals surface area contributed by atoms with E-state index in [-0.39, 0.29) is 11.6 Å². The van der Waals surface area contributed by atoms with Crippen molar-refractivity contribution in [2.75, 3.05) is 5.73 Å². The first kappa shape index (κ1) is 13.6. The number of hydrogen-bond acceptors (Lipinski definition) is 3. The zero-order valence-corrected chi connectivity index (χ0v) is 12.0. The minimum absolute atomic E-state index is 0.148. The first-order valence-electron chi connectivity index (χ1n) is 6.34. The van der Waals surface area contributed by atoms with Gasteiger partial charge in [0.1, 0.15) is 5.82 Å². The van der Waals surface area contributed by atoms with Gasteiger partial charge in [0.15, 0.2) is 11.6 Å². The van der Waals surface area contributed by atoms with Gasteiger partial charge < -0.3 is 10.3 Å². The maximum Gasteiger partial charge on any atom is 0.177 e. The topological polar surface area (TPSA) is 52.0 Å². The van der Waals surface area contributed by atoms with Crippen LogP contribution in [0.1, 0.15) is 5.56 Å². The van der Waals surface area contributed by atoms with Gasteiger partial charge in [-0.1, -0.05) is 41.0 Å². The molecule has 0 saturated heterocycles. The highest BCUT2D eigenvalue weighted by Crippen LogP contribution is 2.39. The third-order valence-corrected chi connectivity index (χ3v) is 3.54. The second-order valence-corrected chi connectivity index (χ2v) is 5.15. The molecule has 0 saturated carbocycles. The molecule has 0 aliphatic rings. The van der Waals surface area contributed by atoms with Crippen LogP contribution in [0.5, 0.6) is 0 Å². The Morgan fingerprint density at radius 3 is 2.67 bits per heavy atom. The van der Waals surface area contributed by atoms with Crippen molar-refractivity contribution in [2.24, 2.45) is 0 Å². The molecule has 0 aliphatic carbocycles. The molecule has 3 rings (SSSR count). The number of aryl methyl sites for hydroxylation is 1. The molecule has 0 amide bonds. The van der Waals surface area contributed by atoms with Crippen LogP contribution in [0.15, 0.2) is 47.0 Å². The number of benzene rings is 2. The lowest BCUT2D eigenvalue weighted by atomic mass is 9.98. The fraction of sp³-hybridized carbons (Fsp3) is 0.0625. The summed E-state index contributed by atoms with van der Waals surface area (Å²) in [6.45, 7) is 1.91. The molecule has 1 heterocycles. The van der Waals surface area contributed by atoms with Crippen LogP contribution in [0.25, 0.3) is 22.5 Å². The van der Waals surface area contributed by atoms with Crippen molar-refractivity contribution in [2.45, 2.75) is 6.92 Å². The van der Waals surface area contributed by atoms with E-state index >= 15 is 0 Å².